The molecule has 0 saturated carbocycles. The van der Waals surface area contributed by atoms with E-state index in [1.54, 1.807) is 33.3 Å². The molecule has 3 amide bonds. The Balaban J connectivity index is 1.78. The van der Waals surface area contributed by atoms with Gasteiger partial charge in [0.05, 0.1) is 12.6 Å². The smallest absolute Gasteiger partial charge is 0.317 e. The predicted molar refractivity (Wildman–Crippen MR) is 97.6 cm³/mol. The van der Waals surface area contributed by atoms with Crippen molar-refractivity contribution >= 4 is 11.9 Å². The van der Waals surface area contributed by atoms with Gasteiger partial charge in [0.15, 0.2) is 5.76 Å². The SMILES string of the molecule is CN(C)C(=O)c1ccc(CNC(=O)N(C)CC[C@@H](O)c2ccccc2)o1. The van der Waals surface area contributed by atoms with Crippen LogP contribution >= 0.6 is 0 Å². The topological polar surface area (TPSA) is 86.0 Å². The number of aliphatic hydroxyl groups excluding tert-OH is 1. The van der Waals surface area contributed by atoms with E-state index in [0.717, 1.165) is 5.56 Å². The molecule has 2 rings (SSSR count). The molecular formula is C19H25N3O4. The Bertz CT molecular complexity index is 727. The standard InChI is InChI=1S/C19H25N3O4/c1-21(2)18(24)17-10-9-15(26-17)13-20-19(25)22(3)12-11-16(23)14-7-5-4-6-8-14/h4-10,16,23H,11-13H2,1-3H3,(H,20,25)/t16-/m1/s1. The highest BCUT2D eigenvalue weighted by Crippen LogP contribution is 2.16. The molecule has 0 saturated heterocycles. The molecule has 1 atom stereocenters. The second kappa shape index (κ2) is 9.05. The number of rotatable bonds is 7. The van der Waals surface area contributed by atoms with Gasteiger partial charge in [-0.2, -0.15) is 0 Å². The second-order valence-electron chi connectivity index (χ2n) is 6.26. The minimum Gasteiger partial charge on any atom is -0.454 e. The fourth-order valence-corrected chi connectivity index (χ4v) is 2.37. The Morgan fingerprint density at radius 1 is 1.12 bits per heavy atom. The molecule has 2 N–H and O–H groups in total. The molecule has 7 heteroatoms. The number of carbonyl (C=O) groups excluding carboxylic acids is 2. The summed E-state index contributed by atoms with van der Waals surface area (Å²) < 4.78 is 5.43. The Kier molecular flexibility index (Phi) is 6.80. The zero-order valence-corrected chi connectivity index (χ0v) is 15.3. The average Bonchev–Trinajstić information content (AvgIpc) is 3.12. The highest BCUT2D eigenvalue weighted by atomic mass is 16.4. The van der Waals surface area contributed by atoms with Crippen LogP contribution in [0, 0.1) is 0 Å². The van der Waals surface area contributed by atoms with Gasteiger partial charge in [0, 0.05) is 27.7 Å². The molecule has 0 radical (unpaired) electrons. The molecule has 0 unspecified atom stereocenters. The summed E-state index contributed by atoms with van der Waals surface area (Å²) in [7, 11) is 4.95. The summed E-state index contributed by atoms with van der Waals surface area (Å²) in [5, 5.41) is 12.9. The van der Waals surface area contributed by atoms with Gasteiger partial charge in [0.25, 0.3) is 5.91 Å². The molecule has 0 fully saturated rings. The highest BCUT2D eigenvalue weighted by molar-refractivity contribution is 5.91. The monoisotopic (exact) mass is 359 g/mol. The zero-order valence-electron chi connectivity index (χ0n) is 15.3. The highest BCUT2D eigenvalue weighted by Gasteiger charge is 2.15. The largest absolute Gasteiger partial charge is 0.454 e. The summed E-state index contributed by atoms with van der Waals surface area (Å²) in [6, 6.07) is 12.3. The number of aliphatic hydroxyl groups is 1. The number of amides is 3. The van der Waals surface area contributed by atoms with Crippen molar-refractivity contribution in [2.45, 2.75) is 19.1 Å². The normalized spacial score (nSPS) is 11.7. The third-order valence-corrected chi connectivity index (χ3v) is 3.96. The minimum absolute atomic E-state index is 0.186. The van der Waals surface area contributed by atoms with Gasteiger partial charge in [-0.25, -0.2) is 4.79 Å². The van der Waals surface area contributed by atoms with Crippen molar-refractivity contribution in [1.29, 1.82) is 0 Å². The van der Waals surface area contributed by atoms with Crippen LogP contribution in [0.4, 0.5) is 4.79 Å². The second-order valence-corrected chi connectivity index (χ2v) is 6.26. The van der Waals surface area contributed by atoms with Gasteiger partial charge in [-0.1, -0.05) is 30.3 Å². The molecule has 0 spiro atoms. The van der Waals surface area contributed by atoms with Crippen LogP contribution in [0.2, 0.25) is 0 Å². The van der Waals surface area contributed by atoms with E-state index >= 15 is 0 Å². The van der Waals surface area contributed by atoms with Crippen LogP contribution in [0.25, 0.3) is 0 Å². The number of nitrogens with zero attached hydrogens (tertiary/aromatic N) is 2. The Morgan fingerprint density at radius 3 is 2.46 bits per heavy atom. The number of hydrogen-bond donors (Lipinski definition) is 2. The summed E-state index contributed by atoms with van der Waals surface area (Å²) in [4.78, 5) is 26.8. The number of urea groups is 1. The van der Waals surface area contributed by atoms with E-state index in [0.29, 0.717) is 18.7 Å². The molecule has 0 aliphatic rings. The van der Waals surface area contributed by atoms with Crippen molar-refractivity contribution < 1.29 is 19.1 Å². The van der Waals surface area contributed by atoms with E-state index in [4.69, 9.17) is 4.42 Å². The maximum Gasteiger partial charge on any atom is 0.317 e. The molecular weight excluding hydrogens is 334 g/mol. The fraction of sp³-hybridized carbons (Fsp3) is 0.368. The maximum atomic E-state index is 12.1. The van der Waals surface area contributed by atoms with Crippen LogP contribution in [0.5, 0.6) is 0 Å². The molecule has 26 heavy (non-hydrogen) atoms. The van der Waals surface area contributed by atoms with Gasteiger partial charge in [-0.05, 0) is 24.1 Å². The van der Waals surface area contributed by atoms with Crippen LogP contribution in [-0.2, 0) is 6.54 Å². The third-order valence-electron chi connectivity index (χ3n) is 3.96. The van der Waals surface area contributed by atoms with Crippen molar-refractivity contribution in [3.8, 4) is 0 Å². The first kappa shape index (κ1) is 19.5. The van der Waals surface area contributed by atoms with Gasteiger partial charge in [0.1, 0.15) is 5.76 Å². The average molecular weight is 359 g/mol. The van der Waals surface area contributed by atoms with Crippen LogP contribution in [0.15, 0.2) is 46.9 Å². The lowest BCUT2D eigenvalue weighted by Gasteiger charge is -2.19. The van der Waals surface area contributed by atoms with Crippen LogP contribution < -0.4 is 5.32 Å². The van der Waals surface area contributed by atoms with Crippen molar-refractivity contribution in [1.82, 2.24) is 15.1 Å². The third kappa shape index (κ3) is 5.35. The molecule has 0 aliphatic carbocycles. The predicted octanol–water partition coefficient (Wildman–Crippen LogP) is 2.25. The number of nitrogens with one attached hydrogen (secondary N) is 1. The van der Waals surface area contributed by atoms with Gasteiger partial charge in [0.2, 0.25) is 0 Å². The molecule has 0 aliphatic heterocycles. The number of furan rings is 1. The summed E-state index contributed by atoms with van der Waals surface area (Å²) in [6.45, 7) is 0.593. The molecule has 0 bridgehead atoms. The van der Waals surface area contributed by atoms with Gasteiger partial charge in [-0.3, -0.25) is 4.79 Å². The summed E-state index contributed by atoms with van der Waals surface area (Å²) >= 11 is 0. The molecule has 7 nitrogen and oxygen atoms in total. The Morgan fingerprint density at radius 2 is 1.81 bits per heavy atom. The lowest BCUT2D eigenvalue weighted by Crippen LogP contribution is -2.37. The lowest BCUT2D eigenvalue weighted by atomic mass is 10.1. The first-order valence-electron chi connectivity index (χ1n) is 8.41. The summed E-state index contributed by atoms with van der Waals surface area (Å²) in [5.74, 6) is 0.509. The number of hydrogen-bond acceptors (Lipinski definition) is 4. The van der Waals surface area contributed by atoms with Crippen molar-refractivity contribution in [2.24, 2.45) is 0 Å². The molecule has 1 aromatic carbocycles. The van der Waals surface area contributed by atoms with Crippen LogP contribution in [-0.4, -0.2) is 54.5 Å². The quantitative estimate of drug-likeness (QED) is 0.794. The molecule has 140 valence electrons. The fourth-order valence-electron chi connectivity index (χ4n) is 2.37. The van der Waals surface area contributed by atoms with Crippen molar-refractivity contribution in [3.63, 3.8) is 0 Å². The number of carbonyl (C=O) groups is 2. The molecule has 2 aromatic rings. The molecule has 1 aromatic heterocycles. The minimum atomic E-state index is -0.615. The summed E-state index contributed by atoms with van der Waals surface area (Å²) in [6.07, 6.45) is -0.174. The van der Waals surface area contributed by atoms with E-state index < -0.39 is 6.10 Å². The zero-order chi connectivity index (χ0) is 19.1. The van der Waals surface area contributed by atoms with Crippen LogP contribution in [0.3, 0.4) is 0 Å². The van der Waals surface area contributed by atoms with E-state index in [1.165, 1.54) is 9.80 Å². The van der Waals surface area contributed by atoms with Gasteiger partial charge >= 0.3 is 6.03 Å². The Labute approximate surface area is 153 Å². The maximum absolute atomic E-state index is 12.1. The van der Waals surface area contributed by atoms with Crippen molar-refractivity contribution in [2.75, 3.05) is 27.7 Å². The van der Waals surface area contributed by atoms with Crippen molar-refractivity contribution in [3.05, 3.63) is 59.5 Å². The molecule has 1 heterocycles. The van der Waals surface area contributed by atoms with E-state index in [1.807, 2.05) is 30.3 Å². The van der Waals surface area contributed by atoms with Gasteiger partial charge in [-0.15, -0.1) is 0 Å². The van der Waals surface area contributed by atoms with E-state index in [2.05, 4.69) is 5.32 Å². The first-order chi connectivity index (χ1) is 12.4. The van der Waals surface area contributed by atoms with E-state index in [9.17, 15) is 14.7 Å². The first-order valence-corrected chi connectivity index (χ1v) is 8.41. The van der Waals surface area contributed by atoms with Gasteiger partial charge < -0.3 is 24.6 Å². The van der Waals surface area contributed by atoms with Crippen LogP contribution in [0.1, 0.15) is 34.4 Å². The summed E-state index contributed by atoms with van der Waals surface area (Å²) in [5.41, 5.74) is 0.829. The van der Waals surface area contributed by atoms with E-state index in [-0.39, 0.29) is 24.2 Å². The lowest BCUT2D eigenvalue weighted by molar-refractivity contribution is 0.0794. The number of benzene rings is 1. The Hall–Kier alpha value is -2.80.